The molecule has 1 heterocycles. The Balaban J connectivity index is 0.00000126. The molecule has 2 heteroatoms. The van der Waals surface area contributed by atoms with E-state index in [0.717, 1.165) is 31.1 Å². The van der Waals surface area contributed by atoms with E-state index in [0.29, 0.717) is 0 Å². The van der Waals surface area contributed by atoms with Gasteiger partial charge in [-0.1, -0.05) is 58.4 Å². The van der Waals surface area contributed by atoms with Crippen LogP contribution in [0.25, 0.3) is 11.1 Å². The zero-order valence-corrected chi connectivity index (χ0v) is 17.9. The van der Waals surface area contributed by atoms with Crippen LogP contribution in [0.15, 0.2) is 42.5 Å². The summed E-state index contributed by atoms with van der Waals surface area (Å²) in [7, 11) is 1.75. The van der Waals surface area contributed by atoms with Gasteiger partial charge >= 0.3 is 0 Å². The first kappa shape index (κ1) is 21.5. The van der Waals surface area contributed by atoms with E-state index in [1.165, 1.54) is 48.2 Å². The van der Waals surface area contributed by atoms with Crippen molar-refractivity contribution in [1.82, 2.24) is 4.90 Å². The lowest BCUT2D eigenvalue weighted by Crippen LogP contribution is -2.32. The first-order chi connectivity index (χ1) is 13.2. The maximum absolute atomic E-state index is 5.52. The minimum absolute atomic E-state index is 0.886. The number of benzene rings is 2. The number of hydrogen-bond acceptors (Lipinski definition) is 2. The van der Waals surface area contributed by atoms with Crippen LogP contribution in [0.2, 0.25) is 0 Å². The first-order valence-electron chi connectivity index (χ1n) is 10.7. The summed E-state index contributed by atoms with van der Waals surface area (Å²) in [6, 6.07) is 15.6. The average Bonchev–Trinajstić information content (AvgIpc) is 2.71. The van der Waals surface area contributed by atoms with Crippen molar-refractivity contribution in [3.05, 3.63) is 53.6 Å². The Bertz CT molecular complexity index is 686. The van der Waals surface area contributed by atoms with Crippen molar-refractivity contribution >= 4 is 0 Å². The van der Waals surface area contributed by atoms with Crippen molar-refractivity contribution in [2.75, 3.05) is 20.2 Å². The summed E-state index contributed by atoms with van der Waals surface area (Å²) in [4.78, 5) is 2.59. The van der Waals surface area contributed by atoms with Gasteiger partial charge in [-0.05, 0) is 78.7 Å². The molecule has 0 amide bonds. The summed E-state index contributed by atoms with van der Waals surface area (Å²) < 4.78 is 5.52. The Morgan fingerprint density at radius 1 is 0.963 bits per heavy atom. The lowest BCUT2D eigenvalue weighted by molar-refractivity contribution is 0.185. The summed E-state index contributed by atoms with van der Waals surface area (Å²) in [6.45, 7) is 12.1. The smallest absolute Gasteiger partial charge is 0.119 e. The SMILES string of the molecule is CC.CCCc1cc(OC)cc(-c2cccc(CN3CCC(C)CC3)c2)c1. The number of piperidine rings is 1. The van der Waals surface area contributed by atoms with Crippen LogP contribution in [0.1, 0.15) is 58.1 Å². The number of ether oxygens (including phenoxy) is 1. The molecule has 0 saturated carbocycles. The highest BCUT2D eigenvalue weighted by Crippen LogP contribution is 2.28. The number of rotatable bonds is 6. The molecule has 148 valence electrons. The Morgan fingerprint density at radius 3 is 2.33 bits per heavy atom. The van der Waals surface area contributed by atoms with Crippen LogP contribution >= 0.6 is 0 Å². The van der Waals surface area contributed by atoms with E-state index in [1.807, 2.05) is 13.8 Å². The standard InChI is InChI=1S/C23H31NO.C2H6/c1-4-6-19-13-22(16-23(15-19)25-3)21-8-5-7-20(14-21)17-24-11-9-18(2)10-12-24;1-2/h5,7-8,13-16,18H,4,6,9-12,17H2,1-3H3;1-2H3. The maximum atomic E-state index is 5.52. The predicted molar refractivity (Wildman–Crippen MR) is 117 cm³/mol. The molecule has 2 aromatic carbocycles. The number of nitrogens with zero attached hydrogens (tertiary/aromatic N) is 1. The van der Waals surface area contributed by atoms with Gasteiger partial charge in [-0.15, -0.1) is 0 Å². The van der Waals surface area contributed by atoms with Crippen LogP contribution in [0.4, 0.5) is 0 Å². The maximum Gasteiger partial charge on any atom is 0.119 e. The molecular weight excluding hydrogens is 330 g/mol. The van der Waals surface area contributed by atoms with Gasteiger partial charge in [-0.3, -0.25) is 4.90 Å². The number of methoxy groups -OCH3 is 1. The Morgan fingerprint density at radius 2 is 1.67 bits per heavy atom. The molecule has 3 rings (SSSR count). The van der Waals surface area contributed by atoms with E-state index in [4.69, 9.17) is 4.74 Å². The van der Waals surface area contributed by atoms with Gasteiger partial charge in [0.05, 0.1) is 7.11 Å². The molecule has 1 aliphatic rings. The first-order valence-corrected chi connectivity index (χ1v) is 10.7. The van der Waals surface area contributed by atoms with Gasteiger partial charge < -0.3 is 4.74 Å². The molecular formula is C25H37NO. The number of hydrogen-bond donors (Lipinski definition) is 0. The van der Waals surface area contributed by atoms with Crippen LogP contribution < -0.4 is 4.74 Å². The number of aryl methyl sites for hydroxylation is 1. The second-order valence-corrected chi connectivity index (χ2v) is 7.48. The summed E-state index contributed by atoms with van der Waals surface area (Å²) in [5, 5.41) is 0. The Kier molecular flexibility index (Phi) is 8.87. The molecule has 0 spiro atoms. The van der Waals surface area contributed by atoms with Crippen molar-refractivity contribution in [2.45, 2.75) is 59.9 Å². The second-order valence-electron chi connectivity index (χ2n) is 7.48. The van der Waals surface area contributed by atoms with E-state index in [-0.39, 0.29) is 0 Å². The van der Waals surface area contributed by atoms with Gasteiger partial charge in [0.25, 0.3) is 0 Å². The van der Waals surface area contributed by atoms with E-state index in [1.54, 1.807) is 7.11 Å². The molecule has 0 unspecified atom stereocenters. The lowest BCUT2D eigenvalue weighted by Gasteiger charge is -2.30. The minimum atomic E-state index is 0.886. The van der Waals surface area contributed by atoms with Crippen LogP contribution in [0.5, 0.6) is 5.75 Å². The van der Waals surface area contributed by atoms with E-state index >= 15 is 0 Å². The fraction of sp³-hybridized carbons (Fsp3) is 0.520. The van der Waals surface area contributed by atoms with Crippen LogP contribution in [0.3, 0.4) is 0 Å². The molecule has 2 aromatic rings. The molecule has 2 nitrogen and oxygen atoms in total. The zero-order chi connectivity index (χ0) is 19.6. The third kappa shape index (κ3) is 6.39. The molecule has 0 bridgehead atoms. The van der Waals surface area contributed by atoms with Gasteiger partial charge in [-0.2, -0.15) is 0 Å². The van der Waals surface area contributed by atoms with Crippen LogP contribution in [-0.2, 0) is 13.0 Å². The summed E-state index contributed by atoms with van der Waals surface area (Å²) in [5.41, 5.74) is 5.32. The van der Waals surface area contributed by atoms with Gasteiger partial charge in [0.1, 0.15) is 5.75 Å². The third-order valence-corrected chi connectivity index (χ3v) is 5.28. The van der Waals surface area contributed by atoms with E-state index < -0.39 is 0 Å². The normalized spacial score (nSPS) is 15.1. The van der Waals surface area contributed by atoms with Gasteiger partial charge in [0, 0.05) is 6.54 Å². The average molecular weight is 368 g/mol. The minimum Gasteiger partial charge on any atom is -0.497 e. The summed E-state index contributed by atoms with van der Waals surface area (Å²) >= 11 is 0. The van der Waals surface area contributed by atoms with E-state index in [9.17, 15) is 0 Å². The highest BCUT2D eigenvalue weighted by molar-refractivity contribution is 5.67. The topological polar surface area (TPSA) is 12.5 Å². The molecule has 0 radical (unpaired) electrons. The monoisotopic (exact) mass is 367 g/mol. The molecule has 1 fully saturated rings. The molecule has 1 saturated heterocycles. The highest BCUT2D eigenvalue weighted by atomic mass is 16.5. The van der Waals surface area contributed by atoms with E-state index in [2.05, 4.69) is 61.2 Å². The van der Waals surface area contributed by atoms with Crippen LogP contribution in [-0.4, -0.2) is 25.1 Å². The van der Waals surface area contributed by atoms with Crippen molar-refractivity contribution in [3.8, 4) is 16.9 Å². The molecule has 0 N–H and O–H groups in total. The van der Waals surface area contributed by atoms with Crippen LogP contribution in [0, 0.1) is 5.92 Å². The molecule has 0 aliphatic carbocycles. The Labute approximate surface area is 166 Å². The second kappa shape index (κ2) is 11.1. The van der Waals surface area contributed by atoms with Gasteiger partial charge in [0.15, 0.2) is 0 Å². The molecule has 27 heavy (non-hydrogen) atoms. The Hall–Kier alpha value is -1.80. The van der Waals surface area contributed by atoms with Gasteiger partial charge in [0.2, 0.25) is 0 Å². The molecule has 1 aliphatic heterocycles. The summed E-state index contributed by atoms with van der Waals surface area (Å²) in [5.74, 6) is 1.84. The highest BCUT2D eigenvalue weighted by Gasteiger charge is 2.15. The predicted octanol–water partition coefficient (Wildman–Crippen LogP) is 6.57. The van der Waals surface area contributed by atoms with Crippen molar-refractivity contribution in [2.24, 2.45) is 5.92 Å². The number of likely N-dealkylation sites (tertiary alicyclic amines) is 1. The fourth-order valence-electron chi connectivity index (χ4n) is 3.71. The fourth-order valence-corrected chi connectivity index (χ4v) is 3.71. The lowest BCUT2D eigenvalue weighted by atomic mass is 9.97. The van der Waals surface area contributed by atoms with Crippen molar-refractivity contribution in [3.63, 3.8) is 0 Å². The summed E-state index contributed by atoms with van der Waals surface area (Å²) in [6.07, 6.45) is 4.90. The van der Waals surface area contributed by atoms with Gasteiger partial charge in [-0.25, -0.2) is 0 Å². The molecule has 0 atom stereocenters. The molecule has 0 aromatic heterocycles. The van der Waals surface area contributed by atoms with Crippen molar-refractivity contribution < 1.29 is 4.74 Å². The zero-order valence-electron chi connectivity index (χ0n) is 17.9. The third-order valence-electron chi connectivity index (χ3n) is 5.28. The quantitative estimate of drug-likeness (QED) is 0.572. The largest absolute Gasteiger partial charge is 0.497 e. The van der Waals surface area contributed by atoms with Crippen molar-refractivity contribution in [1.29, 1.82) is 0 Å².